The predicted octanol–water partition coefficient (Wildman–Crippen LogP) is 1.63. The minimum atomic E-state index is -0.672. The fourth-order valence-electron chi connectivity index (χ4n) is 2.83. The number of rotatable bonds is 3. The maximum absolute atomic E-state index is 11.9. The summed E-state index contributed by atoms with van der Waals surface area (Å²) in [7, 11) is 0. The Labute approximate surface area is 127 Å². The molecule has 1 unspecified atom stereocenters. The van der Waals surface area contributed by atoms with E-state index in [2.05, 4.69) is 21.3 Å². The molecule has 116 valence electrons. The molecule has 0 bridgehead atoms. The Kier molecular flexibility index (Phi) is 3.95. The second-order valence-corrected chi connectivity index (χ2v) is 5.60. The van der Waals surface area contributed by atoms with E-state index in [0.29, 0.717) is 11.3 Å². The Hall–Kier alpha value is -2.57. The third kappa shape index (κ3) is 3.19. The van der Waals surface area contributed by atoms with Gasteiger partial charge in [-0.3, -0.25) is 10.1 Å². The Morgan fingerprint density at radius 3 is 2.36 bits per heavy atom. The summed E-state index contributed by atoms with van der Waals surface area (Å²) < 4.78 is 0. The molecule has 2 fully saturated rings. The van der Waals surface area contributed by atoms with Crippen molar-refractivity contribution < 1.29 is 14.4 Å². The van der Waals surface area contributed by atoms with Gasteiger partial charge in [-0.1, -0.05) is 25.0 Å². The summed E-state index contributed by atoms with van der Waals surface area (Å²) in [6.07, 6.45) is 4.38. The number of carbonyl (C=O) groups excluding carboxylic acids is 3. The summed E-state index contributed by atoms with van der Waals surface area (Å²) in [6, 6.07) is 5.72. The highest BCUT2D eigenvalue weighted by atomic mass is 16.2. The Bertz CT molecular complexity index is 593. The van der Waals surface area contributed by atoms with Crippen LogP contribution in [0.5, 0.6) is 0 Å². The minimum Gasteiger partial charge on any atom is -0.335 e. The van der Waals surface area contributed by atoms with Gasteiger partial charge in [-0.2, -0.15) is 0 Å². The average Bonchev–Trinajstić information content (AvgIpc) is 3.09. The van der Waals surface area contributed by atoms with E-state index in [4.69, 9.17) is 0 Å². The number of anilines is 1. The summed E-state index contributed by atoms with van der Waals surface area (Å²) >= 11 is 0. The van der Waals surface area contributed by atoms with E-state index in [1.807, 2.05) is 0 Å². The zero-order chi connectivity index (χ0) is 15.5. The van der Waals surface area contributed by atoms with Gasteiger partial charge in [0.1, 0.15) is 6.04 Å². The van der Waals surface area contributed by atoms with E-state index < -0.39 is 12.1 Å². The first kappa shape index (κ1) is 14.4. The van der Waals surface area contributed by atoms with Crippen LogP contribution in [0.2, 0.25) is 0 Å². The molecule has 4 N–H and O–H groups in total. The van der Waals surface area contributed by atoms with Gasteiger partial charge < -0.3 is 16.0 Å². The van der Waals surface area contributed by atoms with Gasteiger partial charge in [-0.25, -0.2) is 9.59 Å². The molecule has 1 aromatic rings. The van der Waals surface area contributed by atoms with E-state index in [1.54, 1.807) is 24.3 Å². The maximum atomic E-state index is 11.9. The highest BCUT2D eigenvalue weighted by Crippen LogP contribution is 2.20. The molecule has 1 aliphatic carbocycles. The summed E-state index contributed by atoms with van der Waals surface area (Å²) in [4.78, 5) is 34.5. The third-order valence-electron chi connectivity index (χ3n) is 3.97. The molecular formula is C15H18N4O3. The first-order chi connectivity index (χ1) is 10.6. The lowest BCUT2D eigenvalue weighted by Gasteiger charge is -2.13. The molecule has 7 nitrogen and oxygen atoms in total. The molecule has 5 amide bonds. The summed E-state index contributed by atoms with van der Waals surface area (Å²) in [5, 5.41) is 10.4. The smallest absolute Gasteiger partial charge is 0.322 e. The fourth-order valence-corrected chi connectivity index (χ4v) is 2.83. The minimum absolute atomic E-state index is 0.216. The normalized spacial score (nSPS) is 21.4. The Morgan fingerprint density at radius 2 is 1.77 bits per heavy atom. The standard InChI is InChI=1S/C15H18N4O3/c20-13-12(18-15(22)19-13)9-5-7-11(8-6-9)17-14(21)16-10-3-1-2-4-10/h5-8,10,12H,1-4H2,(H2,16,17,21)(H2,18,19,20,22). The molecule has 1 heterocycles. The van der Waals surface area contributed by atoms with Gasteiger partial charge in [0.15, 0.2) is 0 Å². The number of hydrogen-bond acceptors (Lipinski definition) is 3. The van der Waals surface area contributed by atoms with E-state index >= 15 is 0 Å². The fraction of sp³-hybridized carbons (Fsp3) is 0.400. The van der Waals surface area contributed by atoms with E-state index in [-0.39, 0.29) is 18.0 Å². The molecule has 0 spiro atoms. The van der Waals surface area contributed by atoms with Crippen molar-refractivity contribution in [3.05, 3.63) is 29.8 Å². The third-order valence-corrected chi connectivity index (χ3v) is 3.97. The molecule has 1 saturated heterocycles. The van der Waals surface area contributed by atoms with Gasteiger partial charge in [0.25, 0.3) is 5.91 Å². The number of urea groups is 2. The van der Waals surface area contributed by atoms with Gasteiger partial charge >= 0.3 is 12.1 Å². The largest absolute Gasteiger partial charge is 0.335 e. The van der Waals surface area contributed by atoms with Gasteiger partial charge in [-0.15, -0.1) is 0 Å². The molecule has 0 aromatic heterocycles. The average molecular weight is 302 g/mol. The zero-order valence-electron chi connectivity index (χ0n) is 12.0. The lowest BCUT2D eigenvalue weighted by Crippen LogP contribution is -2.36. The van der Waals surface area contributed by atoms with Crippen molar-refractivity contribution in [2.45, 2.75) is 37.8 Å². The Morgan fingerprint density at radius 1 is 1.09 bits per heavy atom. The second kappa shape index (κ2) is 6.05. The molecule has 3 rings (SSSR count). The molecule has 1 atom stereocenters. The molecule has 1 aromatic carbocycles. The molecule has 7 heteroatoms. The molecule has 0 radical (unpaired) electrons. The first-order valence-electron chi connectivity index (χ1n) is 7.40. The Balaban J connectivity index is 1.58. The van der Waals surface area contributed by atoms with Crippen LogP contribution >= 0.6 is 0 Å². The quantitative estimate of drug-likeness (QED) is 0.639. The molecule has 1 aliphatic heterocycles. The van der Waals surface area contributed by atoms with Crippen molar-refractivity contribution in [3.8, 4) is 0 Å². The number of amides is 5. The second-order valence-electron chi connectivity index (χ2n) is 5.60. The first-order valence-corrected chi connectivity index (χ1v) is 7.40. The van der Waals surface area contributed by atoms with E-state index in [9.17, 15) is 14.4 Å². The highest BCUT2D eigenvalue weighted by Gasteiger charge is 2.30. The monoisotopic (exact) mass is 302 g/mol. The van der Waals surface area contributed by atoms with Gasteiger partial charge in [-0.05, 0) is 30.5 Å². The van der Waals surface area contributed by atoms with Gasteiger partial charge in [0.2, 0.25) is 0 Å². The van der Waals surface area contributed by atoms with Gasteiger partial charge in [0.05, 0.1) is 0 Å². The lowest BCUT2D eigenvalue weighted by molar-refractivity contribution is -0.120. The van der Waals surface area contributed by atoms with Crippen LogP contribution in [0.15, 0.2) is 24.3 Å². The topological polar surface area (TPSA) is 99.3 Å². The highest BCUT2D eigenvalue weighted by molar-refractivity contribution is 6.04. The van der Waals surface area contributed by atoms with Crippen molar-refractivity contribution in [2.24, 2.45) is 0 Å². The van der Waals surface area contributed by atoms with Crippen LogP contribution in [0, 0.1) is 0 Å². The van der Waals surface area contributed by atoms with Crippen LogP contribution in [0.4, 0.5) is 15.3 Å². The van der Waals surface area contributed by atoms with Crippen molar-refractivity contribution >= 4 is 23.7 Å². The number of benzene rings is 1. The maximum Gasteiger partial charge on any atom is 0.322 e. The van der Waals surface area contributed by atoms with Crippen LogP contribution in [0.3, 0.4) is 0 Å². The van der Waals surface area contributed by atoms with Crippen LogP contribution < -0.4 is 21.3 Å². The van der Waals surface area contributed by atoms with Crippen LogP contribution in [-0.2, 0) is 4.79 Å². The number of hydrogen-bond donors (Lipinski definition) is 4. The van der Waals surface area contributed by atoms with Gasteiger partial charge in [0, 0.05) is 11.7 Å². The number of nitrogens with one attached hydrogen (secondary N) is 4. The SMILES string of the molecule is O=C(Nc1ccc(C2NC(=O)NC2=O)cc1)NC1CCCC1. The number of imide groups is 1. The predicted molar refractivity (Wildman–Crippen MR) is 80.3 cm³/mol. The molecule has 22 heavy (non-hydrogen) atoms. The van der Waals surface area contributed by atoms with Crippen molar-refractivity contribution in [1.82, 2.24) is 16.0 Å². The zero-order valence-corrected chi connectivity index (χ0v) is 12.0. The summed E-state index contributed by atoms with van der Waals surface area (Å²) in [5.41, 5.74) is 1.31. The van der Waals surface area contributed by atoms with Crippen molar-refractivity contribution in [3.63, 3.8) is 0 Å². The van der Waals surface area contributed by atoms with Crippen LogP contribution in [0.25, 0.3) is 0 Å². The van der Waals surface area contributed by atoms with Crippen LogP contribution in [0.1, 0.15) is 37.3 Å². The van der Waals surface area contributed by atoms with Crippen molar-refractivity contribution in [1.29, 1.82) is 0 Å². The lowest BCUT2D eigenvalue weighted by atomic mass is 10.1. The van der Waals surface area contributed by atoms with E-state index in [1.165, 1.54) is 0 Å². The molecular weight excluding hydrogens is 284 g/mol. The van der Waals surface area contributed by atoms with Crippen molar-refractivity contribution in [2.75, 3.05) is 5.32 Å². The number of carbonyl (C=O) groups is 3. The van der Waals surface area contributed by atoms with Crippen LogP contribution in [-0.4, -0.2) is 24.0 Å². The molecule has 2 aliphatic rings. The summed E-state index contributed by atoms with van der Waals surface area (Å²) in [5.74, 6) is -0.371. The molecule has 1 saturated carbocycles. The van der Waals surface area contributed by atoms with E-state index in [0.717, 1.165) is 25.7 Å². The summed E-state index contributed by atoms with van der Waals surface area (Å²) in [6.45, 7) is 0.